The molecule has 0 amide bonds. The third kappa shape index (κ3) is 2.79. The van der Waals surface area contributed by atoms with E-state index in [4.69, 9.17) is 11.6 Å². The maximum atomic E-state index is 6.34. The number of nitrogens with one attached hydrogen (secondary N) is 1. The van der Waals surface area contributed by atoms with Crippen molar-refractivity contribution in [3.8, 4) is 21.8 Å². The van der Waals surface area contributed by atoms with Crippen LogP contribution >= 0.6 is 22.9 Å². The van der Waals surface area contributed by atoms with Gasteiger partial charge in [-0.2, -0.15) is 5.10 Å². The van der Waals surface area contributed by atoms with Gasteiger partial charge >= 0.3 is 0 Å². The van der Waals surface area contributed by atoms with Crippen LogP contribution in [0.4, 0.5) is 0 Å². The minimum atomic E-state index is 0.788. The molecule has 3 heterocycles. The van der Waals surface area contributed by atoms with Crippen LogP contribution in [0, 0.1) is 0 Å². The highest BCUT2D eigenvalue weighted by Gasteiger charge is 2.27. The van der Waals surface area contributed by atoms with Crippen molar-refractivity contribution in [2.45, 2.75) is 13.0 Å². The van der Waals surface area contributed by atoms with Gasteiger partial charge in [-0.05, 0) is 35.7 Å². The maximum Gasteiger partial charge on any atom is 0.108 e. The van der Waals surface area contributed by atoms with Gasteiger partial charge in [0.1, 0.15) is 5.69 Å². The molecule has 0 bridgehead atoms. The Hall–Kier alpha value is -1.66. The summed E-state index contributed by atoms with van der Waals surface area (Å²) in [6.45, 7) is 5.61. The minimum absolute atomic E-state index is 0.788. The smallest absolute Gasteiger partial charge is 0.108 e. The minimum Gasteiger partial charge on any atom is -0.304 e. The zero-order valence-electron chi connectivity index (χ0n) is 14.8. The molecule has 0 unspecified atom stereocenters. The second kappa shape index (κ2) is 6.50. The van der Waals surface area contributed by atoms with Crippen molar-refractivity contribution in [1.82, 2.24) is 20.0 Å². The van der Waals surface area contributed by atoms with E-state index in [2.05, 4.69) is 45.2 Å². The quantitative estimate of drug-likeness (QED) is 0.577. The highest BCUT2D eigenvalue weighted by Crippen LogP contribution is 2.43. The second-order valence-electron chi connectivity index (χ2n) is 7.27. The molecule has 1 N–H and O–H groups in total. The van der Waals surface area contributed by atoms with Gasteiger partial charge in [-0.1, -0.05) is 23.7 Å². The molecule has 4 nitrogen and oxygen atoms in total. The van der Waals surface area contributed by atoms with Gasteiger partial charge in [0, 0.05) is 50.3 Å². The Bertz CT molecular complexity index is 953. The van der Waals surface area contributed by atoms with E-state index < -0.39 is 0 Å². The summed E-state index contributed by atoms with van der Waals surface area (Å²) in [6.07, 6.45) is 0.930. The van der Waals surface area contributed by atoms with E-state index in [-0.39, 0.29) is 0 Å². The monoisotopic (exact) mass is 384 g/mol. The summed E-state index contributed by atoms with van der Waals surface area (Å²) in [4.78, 5) is 6.00. The van der Waals surface area contributed by atoms with Crippen LogP contribution in [-0.2, 0) is 13.0 Å². The molecule has 1 aliphatic heterocycles. The lowest BCUT2D eigenvalue weighted by atomic mass is 10.0. The Labute approximate surface area is 162 Å². The fourth-order valence-electron chi connectivity index (χ4n) is 3.97. The molecule has 2 aromatic heterocycles. The van der Waals surface area contributed by atoms with Gasteiger partial charge in [0.2, 0.25) is 0 Å². The van der Waals surface area contributed by atoms with E-state index in [1.807, 2.05) is 11.4 Å². The lowest BCUT2D eigenvalue weighted by Crippen LogP contribution is -2.43. The molecule has 6 heteroatoms. The molecule has 0 radical (unpaired) electrons. The number of rotatable bonds is 3. The molecule has 5 rings (SSSR count). The third-order valence-electron chi connectivity index (χ3n) is 5.51. The fraction of sp³-hybridized carbons (Fsp3) is 0.350. The topological polar surface area (TPSA) is 35.2 Å². The van der Waals surface area contributed by atoms with Crippen molar-refractivity contribution in [2.75, 3.05) is 33.2 Å². The van der Waals surface area contributed by atoms with E-state index in [1.54, 1.807) is 11.3 Å². The number of thiophene rings is 1. The van der Waals surface area contributed by atoms with Crippen LogP contribution in [0.25, 0.3) is 21.8 Å². The van der Waals surface area contributed by atoms with Gasteiger partial charge in [-0.15, -0.1) is 11.3 Å². The Morgan fingerprint density at radius 2 is 2.04 bits per heavy atom. The number of piperazine rings is 1. The lowest BCUT2D eigenvalue weighted by molar-refractivity contribution is 0.148. The van der Waals surface area contributed by atoms with Crippen LogP contribution in [0.3, 0.4) is 0 Å². The molecule has 26 heavy (non-hydrogen) atoms. The van der Waals surface area contributed by atoms with Gasteiger partial charge in [0.05, 0.1) is 15.6 Å². The Morgan fingerprint density at radius 1 is 1.19 bits per heavy atom. The second-order valence-corrected chi connectivity index (χ2v) is 8.59. The lowest BCUT2D eigenvalue weighted by Gasteiger charge is -2.32. The molecule has 2 aliphatic rings. The predicted octanol–water partition coefficient (Wildman–Crippen LogP) is 4.11. The normalized spacial score (nSPS) is 17.5. The van der Waals surface area contributed by atoms with E-state index in [1.165, 1.54) is 27.9 Å². The Kier molecular flexibility index (Phi) is 4.13. The van der Waals surface area contributed by atoms with Gasteiger partial charge < -0.3 is 4.90 Å². The average Bonchev–Trinajstić information content (AvgIpc) is 3.32. The zero-order chi connectivity index (χ0) is 17.7. The molecule has 0 atom stereocenters. The highest BCUT2D eigenvalue weighted by atomic mass is 35.5. The van der Waals surface area contributed by atoms with Crippen LogP contribution in [0.15, 0.2) is 29.6 Å². The number of halogens is 1. The molecule has 0 spiro atoms. The van der Waals surface area contributed by atoms with Crippen molar-refractivity contribution in [2.24, 2.45) is 0 Å². The van der Waals surface area contributed by atoms with Crippen molar-refractivity contribution in [3.63, 3.8) is 0 Å². The van der Waals surface area contributed by atoms with Crippen molar-refractivity contribution in [3.05, 3.63) is 51.4 Å². The van der Waals surface area contributed by atoms with Crippen LogP contribution in [0.5, 0.6) is 0 Å². The SMILES string of the molecule is CN1CCN(Cc2ccc3c(c2)-c2[nH]nc(-c4sccc4Cl)c2C3)CC1. The molecule has 3 aromatic rings. The third-order valence-corrected chi connectivity index (χ3v) is 6.86. The van der Waals surface area contributed by atoms with Crippen LogP contribution in [0.2, 0.25) is 5.02 Å². The average molecular weight is 385 g/mol. The van der Waals surface area contributed by atoms with Crippen molar-refractivity contribution in [1.29, 1.82) is 0 Å². The van der Waals surface area contributed by atoms with E-state index in [0.29, 0.717) is 0 Å². The number of likely N-dealkylation sites (N-methyl/N-ethyl adjacent to an activating group) is 1. The summed E-state index contributed by atoms with van der Waals surface area (Å²) < 4.78 is 0. The van der Waals surface area contributed by atoms with Crippen LogP contribution in [-0.4, -0.2) is 53.2 Å². The summed E-state index contributed by atoms with van der Waals surface area (Å²) in [6, 6.07) is 8.86. The molecular formula is C20H21ClN4S. The van der Waals surface area contributed by atoms with Gasteiger partial charge in [0.15, 0.2) is 0 Å². The first-order chi connectivity index (χ1) is 12.7. The number of aromatic amines is 1. The Balaban J connectivity index is 1.43. The first kappa shape index (κ1) is 16.5. The standard InChI is InChI=1S/C20H21ClN4S/c1-24-5-7-25(8-6-24)12-13-2-3-14-11-16-18(15(14)10-13)22-23-19(16)20-17(21)4-9-26-20/h2-4,9-10H,5-8,11-12H2,1H3,(H,22,23). The molecule has 134 valence electrons. The number of H-pyrrole nitrogens is 1. The number of fused-ring (bicyclic) bond motifs is 3. The van der Waals surface area contributed by atoms with Crippen molar-refractivity contribution >= 4 is 22.9 Å². The predicted molar refractivity (Wildman–Crippen MR) is 108 cm³/mol. The highest BCUT2D eigenvalue weighted by molar-refractivity contribution is 7.14. The molecule has 1 aliphatic carbocycles. The van der Waals surface area contributed by atoms with Crippen LogP contribution in [0.1, 0.15) is 16.7 Å². The van der Waals surface area contributed by atoms with Gasteiger partial charge in [-0.3, -0.25) is 10.00 Å². The van der Waals surface area contributed by atoms with Crippen molar-refractivity contribution < 1.29 is 0 Å². The van der Waals surface area contributed by atoms with Gasteiger partial charge in [-0.25, -0.2) is 0 Å². The molecule has 0 saturated carbocycles. The number of hydrogen-bond acceptors (Lipinski definition) is 4. The number of hydrogen-bond donors (Lipinski definition) is 1. The first-order valence-corrected chi connectivity index (χ1v) is 10.3. The molecule has 1 aromatic carbocycles. The van der Waals surface area contributed by atoms with E-state index >= 15 is 0 Å². The largest absolute Gasteiger partial charge is 0.304 e. The maximum absolute atomic E-state index is 6.34. The summed E-state index contributed by atoms with van der Waals surface area (Å²) in [5.74, 6) is 0. The number of nitrogens with zero attached hydrogens (tertiary/aromatic N) is 3. The molecule has 1 fully saturated rings. The molecular weight excluding hydrogens is 364 g/mol. The summed E-state index contributed by atoms with van der Waals surface area (Å²) in [7, 11) is 2.20. The Morgan fingerprint density at radius 3 is 2.81 bits per heavy atom. The fourth-order valence-corrected chi connectivity index (χ4v) is 5.14. The summed E-state index contributed by atoms with van der Waals surface area (Å²) in [5, 5.41) is 10.7. The summed E-state index contributed by atoms with van der Waals surface area (Å²) >= 11 is 7.99. The van der Waals surface area contributed by atoms with E-state index in [9.17, 15) is 0 Å². The number of benzene rings is 1. The first-order valence-electron chi connectivity index (χ1n) is 9.03. The number of aromatic nitrogens is 2. The van der Waals surface area contributed by atoms with Crippen LogP contribution < -0.4 is 0 Å². The van der Waals surface area contributed by atoms with Gasteiger partial charge in [0.25, 0.3) is 0 Å². The molecule has 1 saturated heterocycles. The zero-order valence-corrected chi connectivity index (χ0v) is 16.3. The summed E-state index contributed by atoms with van der Waals surface area (Å²) in [5.41, 5.74) is 7.52. The van der Waals surface area contributed by atoms with E-state index in [0.717, 1.165) is 54.7 Å².